The van der Waals surface area contributed by atoms with E-state index in [0.29, 0.717) is 12.1 Å². The third-order valence-electron chi connectivity index (χ3n) is 4.10. The highest BCUT2D eigenvalue weighted by atomic mass is 19.4. The SMILES string of the molecule is O=C(NCc1noc(-c2ccc(C(F)(F)F)cc2[N+](=O)[O-])n1)c1ccccc1C(F)(F)F. The number of nitro benzene ring substituents is 1. The van der Waals surface area contributed by atoms with Gasteiger partial charge in [-0.3, -0.25) is 14.9 Å². The lowest BCUT2D eigenvalue weighted by molar-refractivity contribution is -0.384. The topological polar surface area (TPSA) is 111 Å². The van der Waals surface area contributed by atoms with E-state index >= 15 is 0 Å². The molecule has 0 aliphatic rings. The number of hydrogen-bond acceptors (Lipinski definition) is 6. The number of amides is 1. The lowest BCUT2D eigenvalue weighted by Gasteiger charge is -2.11. The van der Waals surface area contributed by atoms with Crippen molar-refractivity contribution in [3.05, 3.63) is 75.1 Å². The van der Waals surface area contributed by atoms with E-state index in [2.05, 4.69) is 15.5 Å². The van der Waals surface area contributed by atoms with Gasteiger partial charge in [0.2, 0.25) is 0 Å². The predicted molar refractivity (Wildman–Crippen MR) is 94.0 cm³/mol. The standard InChI is InChI=1S/C18H10F6N4O4/c19-17(20,21)9-5-6-11(13(7-9)28(30)31)16-26-14(27-32-16)8-25-15(29)10-3-1-2-4-12(10)18(22,23)24/h1-7H,8H2,(H,25,29). The van der Waals surface area contributed by atoms with Crippen molar-refractivity contribution >= 4 is 11.6 Å². The molecule has 1 heterocycles. The number of benzene rings is 2. The number of halogens is 6. The molecule has 3 aromatic rings. The van der Waals surface area contributed by atoms with E-state index in [1.54, 1.807) is 0 Å². The summed E-state index contributed by atoms with van der Waals surface area (Å²) in [4.78, 5) is 26.0. The Bertz CT molecular complexity index is 1170. The molecule has 1 aromatic heterocycles. The van der Waals surface area contributed by atoms with Crippen LogP contribution in [0.3, 0.4) is 0 Å². The number of alkyl halides is 6. The summed E-state index contributed by atoms with van der Waals surface area (Å²) < 4.78 is 82.3. The summed E-state index contributed by atoms with van der Waals surface area (Å²) in [6.07, 6.45) is -9.59. The second-order valence-corrected chi connectivity index (χ2v) is 6.23. The van der Waals surface area contributed by atoms with Crippen molar-refractivity contribution in [1.82, 2.24) is 15.5 Å². The van der Waals surface area contributed by atoms with Crippen LogP contribution in [0.1, 0.15) is 27.3 Å². The lowest BCUT2D eigenvalue weighted by atomic mass is 10.1. The molecule has 14 heteroatoms. The molecule has 0 radical (unpaired) electrons. The number of nitrogens with zero attached hydrogens (tertiary/aromatic N) is 3. The van der Waals surface area contributed by atoms with Crippen LogP contribution in [0.4, 0.5) is 32.0 Å². The van der Waals surface area contributed by atoms with Crippen LogP contribution < -0.4 is 5.32 Å². The number of nitro groups is 1. The van der Waals surface area contributed by atoms with Gasteiger partial charge in [-0.05, 0) is 24.3 Å². The first-order valence-corrected chi connectivity index (χ1v) is 8.51. The van der Waals surface area contributed by atoms with E-state index < -0.39 is 63.6 Å². The molecule has 0 bridgehead atoms. The Morgan fingerprint density at radius 2 is 1.75 bits per heavy atom. The van der Waals surface area contributed by atoms with Crippen LogP contribution in [0.2, 0.25) is 0 Å². The molecule has 0 unspecified atom stereocenters. The fourth-order valence-corrected chi connectivity index (χ4v) is 2.66. The van der Waals surface area contributed by atoms with Gasteiger partial charge in [0, 0.05) is 6.07 Å². The van der Waals surface area contributed by atoms with Gasteiger partial charge in [-0.25, -0.2) is 0 Å². The highest BCUT2D eigenvalue weighted by Gasteiger charge is 2.35. The zero-order chi connectivity index (χ0) is 23.7. The minimum atomic E-state index is -4.82. The van der Waals surface area contributed by atoms with E-state index in [9.17, 15) is 41.3 Å². The summed E-state index contributed by atoms with van der Waals surface area (Å²) in [5.74, 6) is -1.87. The van der Waals surface area contributed by atoms with Gasteiger partial charge in [-0.2, -0.15) is 31.3 Å². The molecule has 0 saturated carbocycles. The van der Waals surface area contributed by atoms with Crippen molar-refractivity contribution in [3.8, 4) is 11.5 Å². The van der Waals surface area contributed by atoms with Crippen molar-refractivity contribution in [3.63, 3.8) is 0 Å². The second kappa shape index (κ2) is 8.28. The highest BCUT2D eigenvalue weighted by molar-refractivity contribution is 5.95. The molecule has 0 saturated heterocycles. The molecular formula is C18H10F6N4O4. The van der Waals surface area contributed by atoms with E-state index in [1.807, 2.05) is 0 Å². The maximum Gasteiger partial charge on any atom is 0.417 e. The van der Waals surface area contributed by atoms with Gasteiger partial charge >= 0.3 is 12.4 Å². The van der Waals surface area contributed by atoms with Crippen molar-refractivity contribution in [1.29, 1.82) is 0 Å². The Hall–Kier alpha value is -3.97. The van der Waals surface area contributed by atoms with E-state index in [4.69, 9.17) is 4.52 Å². The van der Waals surface area contributed by atoms with Crippen LogP contribution in [0.15, 0.2) is 47.0 Å². The normalized spacial score (nSPS) is 11.9. The number of hydrogen-bond donors (Lipinski definition) is 1. The van der Waals surface area contributed by atoms with Crippen molar-refractivity contribution in [2.45, 2.75) is 18.9 Å². The number of aromatic nitrogens is 2. The maximum atomic E-state index is 13.0. The minimum absolute atomic E-state index is 0.271. The van der Waals surface area contributed by atoms with Crippen LogP contribution in [0.5, 0.6) is 0 Å². The van der Waals surface area contributed by atoms with E-state index in [1.165, 1.54) is 6.07 Å². The van der Waals surface area contributed by atoms with Crippen LogP contribution in [-0.2, 0) is 18.9 Å². The van der Waals surface area contributed by atoms with Gasteiger partial charge in [0.15, 0.2) is 5.82 Å². The van der Waals surface area contributed by atoms with Crippen LogP contribution in [0.25, 0.3) is 11.5 Å². The molecule has 1 amide bonds. The average Bonchev–Trinajstić information content (AvgIpc) is 3.19. The molecule has 0 atom stereocenters. The van der Waals surface area contributed by atoms with Crippen LogP contribution in [-0.4, -0.2) is 21.0 Å². The third-order valence-corrected chi connectivity index (χ3v) is 4.10. The molecule has 2 aromatic carbocycles. The molecule has 0 fully saturated rings. The zero-order valence-electron chi connectivity index (χ0n) is 15.5. The van der Waals surface area contributed by atoms with Gasteiger partial charge in [0.25, 0.3) is 17.5 Å². The van der Waals surface area contributed by atoms with E-state index in [0.717, 1.165) is 24.3 Å². The number of carbonyl (C=O) groups is 1. The van der Waals surface area contributed by atoms with Crippen molar-refractivity contribution < 1.29 is 40.6 Å². The summed E-state index contributed by atoms with van der Waals surface area (Å²) in [6, 6.07) is 5.70. The molecular weight excluding hydrogens is 450 g/mol. The first-order chi connectivity index (χ1) is 14.9. The fraction of sp³-hybridized carbons (Fsp3) is 0.167. The Kier molecular flexibility index (Phi) is 5.88. The van der Waals surface area contributed by atoms with Gasteiger partial charge in [0.1, 0.15) is 5.56 Å². The Labute approximate surface area is 174 Å². The first-order valence-electron chi connectivity index (χ1n) is 8.51. The molecule has 32 heavy (non-hydrogen) atoms. The molecule has 3 rings (SSSR count). The highest BCUT2D eigenvalue weighted by Crippen LogP contribution is 2.36. The summed E-state index contributed by atoms with van der Waals surface area (Å²) >= 11 is 0. The third kappa shape index (κ3) is 4.84. The monoisotopic (exact) mass is 460 g/mol. The average molecular weight is 460 g/mol. The summed E-state index contributed by atoms with van der Waals surface area (Å²) in [7, 11) is 0. The molecule has 0 aliphatic carbocycles. The second-order valence-electron chi connectivity index (χ2n) is 6.23. The first kappa shape index (κ1) is 22.7. The lowest BCUT2D eigenvalue weighted by Crippen LogP contribution is -2.26. The quantitative estimate of drug-likeness (QED) is 0.338. The van der Waals surface area contributed by atoms with Crippen LogP contribution >= 0.6 is 0 Å². The number of carbonyl (C=O) groups excluding carboxylic acids is 1. The summed E-state index contributed by atoms with van der Waals surface area (Å²) in [5, 5.41) is 16.8. The smallest absolute Gasteiger partial charge is 0.345 e. The number of rotatable bonds is 5. The predicted octanol–water partition coefficient (Wildman–Crippen LogP) is 4.61. The van der Waals surface area contributed by atoms with Crippen molar-refractivity contribution in [2.75, 3.05) is 0 Å². The van der Waals surface area contributed by atoms with Gasteiger partial charge < -0.3 is 9.84 Å². The van der Waals surface area contributed by atoms with Crippen molar-refractivity contribution in [2.24, 2.45) is 0 Å². The largest absolute Gasteiger partial charge is 0.417 e. The Balaban J connectivity index is 1.81. The molecule has 8 nitrogen and oxygen atoms in total. The van der Waals surface area contributed by atoms with Gasteiger partial charge in [0.05, 0.1) is 28.2 Å². The zero-order valence-corrected chi connectivity index (χ0v) is 15.5. The molecule has 0 spiro atoms. The Morgan fingerprint density at radius 3 is 2.38 bits per heavy atom. The summed E-state index contributed by atoms with van der Waals surface area (Å²) in [5.41, 5.74) is -4.43. The fourth-order valence-electron chi connectivity index (χ4n) is 2.66. The van der Waals surface area contributed by atoms with Gasteiger partial charge in [-0.15, -0.1) is 0 Å². The number of nitrogens with one attached hydrogen (secondary N) is 1. The Morgan fingerprint density at radius 1 is 1.06 bits per heavy atom. The van der Waals surface area contributed by atoms with Gasteiger partial charge in [-0.1, -0.05) is 17.3 Å². The molecule has 0 aliphatic heterocycles. The van der Waals surface area contributed by atoms with Crippen LogP contribution in [0, 0.1) is 10.1 Å². The maximum absolute atomic E-state index is 13.0. The molecule has 168 valence electrons. The molecule has 1 N–H and O–H groups in total. The van der Waals surface area contributed by atoms with E-state index in [-0.39, 0.29) is 5.82 Å². The summed E-state index contributed by atoms with van der Waals surface area (Å²) in [6.45, 7) is -0.511. The minimum Gasteiger partial charge on any atom is -0.345 e.